The van der Waals surface area contributed by atoms with Crippen LogP contribution in [0.4, 0.5) is 17.3 Å². The number of hydrogen-bond acceptors (Lipinski definition) is 5. The Bertz CT molecular complexity index is 1130. The van der Waals surface area contributed by atoms with E-state index >= 15 is 0 Å². The van der Waals surface area contributed by atoms with E-state index in [1.54, 1.807) is 18.5 Å². The van der Waals surface area contributed by atoms with Crippen molar-refractivity contribution >= 4 is 28.9 Å². The molecule has 0 unspecified atom stereocenters. The minimum absolute atomic E-state index is 0.498. The fourth-order valence-electron chi connectivity index (χ4n) is 2.85. The van der Waals surface area contributed by atoms with E-state index in [0.717, 1.165) is 22.8 Å². The van der Waals surface area contributed by atoms with Gasteiger partial charge in [-0.1, -0.05) is 23.7 Å². The second-order valence-electron chi connectivity index (χ2n) is 5.83. The second-order valence-corrected chi connectivity index (χ2v) is 6.24. The molecule has 2 aromatic heterocycles. The number of benzene rings is 2. The van der Waals surface area contributed by atoms with Crippen molar-refractivity contribution in [2.75, 3.05) is 4.90 Å². The summed E-state index contributed by atoms with van der Waals surface area (Å²) in [7, 11) is 0. The smallest absolute Gasteiger partial charge is 0.230 e. The van der Waals surface area contributed by atoms with E-state index in [2.05, 4.69) is 26.2 Å². The van der Waals surface area contributed by atoms with Gasteiger partial charge in [0.25, 0.3) is 0 Å². The van der Waals surface area contributed by atoms with E-state index in [0.29, 0.717) is 16.5 Å². The molecule has 2 aromatic carbocycles. The van der Waals surface area contributed by atoms with Crippen LogP contribution in [0.25, 0.3) is 5.69 Å². The van der Waals surface area contributed by atoms with Crippen molar-refractivity contribution in [1.82, 2.24) is 24.7 Å². The zero-order valence-corrected chi connectivity index (χ0v) is 15.1. The molecule has 4 rings (SSSR count). The molecule has 0 aliphatic rings. The van der Waals surface area contributed by atoms with Gasteiger partial charge in [-0.05, 0) is 37.3 Å². The van der Waals surface area contributed by atoms with Gasteiger partial charge in [-0.25, -0.2) is 10.1 Å². The van der Waals surface area contributed by atoms with Crippen LogP contribution in [0.5, 0.6) is 0 Å². The van der Waals surface area contributed by atoms with Crippen molar-refractivity contribution in [3.05, 3.63) is 77.6 Å². The van der Waals surface area contributed by atoms with Gasteiger partial charge in [0.05, 0.1) is 39.7 Å². The van der Waals surface area contributed by atoms with Gasteiger partial charge in [0, 0.05) is 6.20 Å². The fourth-order valence-corrected chi connectivity index (χ4v) is 3.07. The Morgan fingerprint density at radius 3 is 2.70 bits per heavy atom. The van der Waals surface area contributed by atoms with Crippen LogP contribution < -0.4 is 4.90 Å². The van der Waals surface area contributed by atoms with Crippen LogP contribution in [-0.2, 0) is 0 Å². The monoisotopic (exact) mass is 375 g/mol. The number of H-pyrrole nitrogens is 1. The number of nitrogens with one attached hydrogen (secondary N) is 1. The van der Waals surface area contributed by atoms with Crippen LogP contribution in [-0.4, -0.2) is 24.7 Å². The number of rotatable bonds is 4. The summed E-state index contributed by atoms with van der Waals surface area (Å²) < 4.78 is 1.83. The van der Waals surface area contributed by atoms with Gasteiger partial charge in [0.2, 0.25) is 5.95 Å². The zero-order valence-electron chi connectivity index (χ0n) is 14.3. The highest BCUT2D eigenvalue weighted by Gasteiger charge is 2.19. The average molecular weight is 376 g/mol. The number of aromatic nitrogens is 5. The maximum absolute atomic E-state index is 9.68. The number of nitriles is 1. The molecule has 0 aliphatic carbocycles. The minimum atomic E-state index is 0.498. The van der Waals surface area contributed by atoms with Crippen molar-refractivity contribution in [1.29, 1.82) is 5.26 Å². The number of hydrogen-bond donors (Lipinski definition) is 1. The Labute approximate surface area is 160 Å². The molecule has 0 fully saturated rings. The van der Waals surface area contributed by atoms with Gasteiger partial charge in [-0.2, -0.15) is 15.3 Å². The molecule has 132 valence electrons. The topological polar surface area (TPSA) is 86.4 Å². The van der Waals surface area contributed by atoms with Gasteiger partial charge in [-0.15, -0.1) is 0 Å². The molecule has 0 atom stereocenters. The molecule has 1 N–H and O–H groups in total. The van der Waals surface area contributed by atoms with Crippen molar-refractivity contribution in [3.63, 3.8) is 0 Å². The van der Waals surface area contributed by atoms with E-state index in [4.69, 9.17) is 11.6 Å². The van der Waals surface area contributed by atoms with Crippen LogP contribution in [0.15, 0.2) is 61.3 Å². The van der Waals surface area contributed by atoms with Gasteiger partial charge >= 0.3 is 0 Å². The second kappa shape index (κ2) is 6.94. The number of aromatic amines is 1. The number of para-hydroxylation sites is 1. The van der Waals surface area contributed by atoms with E-state index in [1.165, 1.54) is 6.33 Å². The van der Waals surface area contributed by atoms with E-state index in [-0.39, 0.29) is 0 Å². The summed E-state index contributed by atoms with van der Waals surface area (Å²) in [6.45, 7) is 1.90. The highest BCUT2D eigenvalue weighted by molar-refractivity contribution is 6.33. The van der Waals surface area contributed by atoms with Crippen molar-refractivity contribution < 1.29 is 0 Å². The Hall–Kier alpha value is -3.63. The molecule has 27 heavy (non-hydrogen) atoms. The van der Waals surface area contributed by atoms with Gasteiger partial charge in [0.15, 0.2) is 0 Å². The quantitative estimate of drug-likeness (QED) is 0.574. The number of nitrogens with zero attached hydrogens (tertiary/aromatic N) is 6. The average Bonchev–Trinajstić information content (AvgIpc) is 3.35. The van der Waals surface area contributed by atoms with Crippen LogP contribution in [0.3, 0.4) is 0 Å². The lowest BCUT2D eigenvalue weighted by Crippen LogP contribution is -2.13. The highest BCUT2D eigenvalue weighted by atomic mass is 35.5. The van der Waals surface area contributed by atoms with E-state index in [9.17, 15) is 5.26 Å². The zero-order chi connectivity index (χ0) is 18.8. The molecule has 0 bridgehead atoms. The predicted octanol–water partition coefficient (Wildman–Crippen LogP) is 4.29. The largest absolute Gasteiger partial charge is 0.305 e. The third-order valence-electron chi connectivity index (χ3n) is 4.06. The molecular weight excluding hydrogens is 362 g/mol. The molecule has 0 radical (unpaired) electrons. The minimum Gasteiger partial charge on any atom is -0.305 e. The predicted molar refractivity (Wildman–Crippen MR) is 103 cm³/mol. The summed E-state index contributed by atoms with van der Waals surface area (Å²) in [6, 6.07) is 15.2. The van der Waals surface area contributed by atoms with Crippen molar-refractivity contribution in [3.8, 4) is 11.8 Å². The summed E-state index contributed by atoms with van der Waals surface area (Å²) in [5.74, 6) is 0.498. The molecular formula is C19H14ClN7. The lowest BCUT2D eigenvalue weighted by molar-refractivity contribution is 1.04. The molecule has 0 saturated carbocycles. The first kappa shape index (κ1) is 16.8. The highest BCUT2D eigenvalue weighted by Crippen LogP contribution is 2.37. The molecule has 0 spiro atoms. The molecule has 2 heterocycles. The van der Waals surface area contributed by atoms with Crippen molar-refractivity contribution in [2.24, 2.45) is 0 Å². The maximum atomic E-state index is 9.68. The van der Waals surface area contributed by atoms with Crippen molar-refractivity contribution in [2.45, 2.75) is 6.92 Å². The summed E-state index contributed by atoms with van der Waals surface area (Å²) in [5, 5.41) is 17.0. The van der Waals surface area contributed by atoms with Crippen LogP contribution in [0.2, 0.25) is 5.02 Å². The normalized spacial score (nSPS) is 10.6. The third kappa shape index (κ3) is 3.14. The van der Waals surface area contributed by atoms with Gasteiger partial charge < -0.3 is 4.57 Å². The SMILES string of the molecule is Cc1cn(-c2ccc(N(c3ncn[nH]3)c3ccccc3Cl)cc2C#N)cn1. The summed E-state index contributed by atoms with van der Waals surface area (Å²) >= 11 is 6.41. The Balaban J connectivity index is 1.86. The standard InChI is InChI=1S/C19H14ClN7/c1-13-10-26(12-23-13)17-7-6-15(8-14(17)9-21)27(19-22-11-24-25-19)18-5-3-2-4-16(18)20/h2-8,10-12H,1H3,(H,22,24,25). The molecule has 8 heteroatoms. The maximum Gasteiger partial charge on any atom is 0.230 e. The summed E-state index contributed by atoms with van der Waals surface area (Å²) in [4.78, 5) is 10.3. The first-order valence-corrected chi connectivity index (χ1v) is 8.50. The number of aryl methyl sites for hydroxylation is 1. The van der Waals surface area contributed by atoms with Gasteiger partial charge in [0.1, 0.15) is 12.4 Å². The molecule has 0 amide bonds. The summed E-state index contributed by atoms with van der Waals surface area (Å²) in [5.41, 5.74) is 3.59. The van der Waals surface area contributed by atoms with Gasteiger partial charge in [-0.3, -0.25) is 4.90 Å². The molecule has 7 nitrogen and oxygen atoms in total. The molecule has 0 saturated heterocycles. The Morgan fingerprint density at radius 1 is 1.19 bits per heavy atom. The number of halogens is 1. The lowest BCUT2D eigenvalue weighted by atomic mass is 10.1. The molecule has 0 aliphatic heterocycles. The fraction of sp³-hybridized carbons (Fsp3) is 0.0526. The first-order chi connectivity index (χ1) is 13.2. The van der Waals surface area contributed by atoms with Crippen LogP contribution in [0, 0.1) is 18.3 Å². The molecule has 4 aromatic rings. The van der Waals surface area contributed by atoms with Crippen LogP contribution in [0.1, 0.15) is 11.3 Å². The lowest BCUT2D eigenvalue weighted by Gasteiger charge is -2.23. The van der Waals surface area contributed by atoms with Crippen LogP contribution >= 0.6 is 11.6 Å². The Morgan fingerprint density at radius 2 is 2.04 bits per heavy atom. The van der Waals surface area contributed by atoms with E-state index < -0.39 is 0 Å². The number of imidazole rings is 1. The first-order valence-electron chi connectivity index (χ1n) is 8.12. The van der Waals surface area contributed by atoms with E-state index in [1.807, 2.05) is 52.9 Å². The Kier molecular flexibility index (Phi) is 4.32. The summed E-state index contributed by atoms with van der Waals surface area (Å²) in [6.07, 6.45) is 4.98. The third-order valence-corrected chi connectivity index (χ3v) is 4.38. The number of anilines is 3.